The van der Waals surface area contributed by atoms with Gasteiger partial charge in [0.1, 0.15) is 5.54 Å². The van der Waals surface area contributed by atoms with Gasteiger partial charge in [-0.3, -0.25) is 19.3 Å². The average Bonchev–Trinajstić information content (AvgIpc) is 3.43. The molecular formula is C23H20ClN3O3. The lowest BCUT2D eigenvalue weighted by Crippen LogP contribution is -2.54. The van der Waals surface area contributed by atoms with E-state index in [1.54, 1.807) is 18.2 Å². The zero-order valence-electron chi connectivity index (χ0n) is 16.4. The molecule has 6 rings (SSSR count). The number of hydrogen-bond donors (Lipinski definition) is 1. The van der Waals surface area contributed by atoms with Crippen molar-refractivity contribution in [1.29, 1.82) is 0 Å². The first-order valence-electron chi connectivity index (χ1n) is 10.3. The van der Waals surface area contributed by atoms with E-state index in [9.17, 15) is 14.4 Å². The molecule has 7 heteroatoms. The standard InChI is InChI=1S/C23H20ClN3O3/c1-12-14(24)7-4-9-16(12)27-20(28)18-17-10-5-11-26(17)23(19(18)21(27)29)13-6-2-3-8-15(13)25-22(23)30/h2-4,6-9,17-19H,5,10-11H2,1H3,(H,25,30)/t17-,18+,19+,23+/m1/s1. The van der Waals surface area contributed by atoms with Crippen molar-refractivity contribution in [2.75, 3.05) is 16.8 Å². The Labute approximate surface area is 178 Å². The number of nitrogens with zero attached hydrogens (tertiary/aromatic N) is 2. The van der Waals surface area contributed by atoms with Gasteiger partial charge >= 0.3 is 0 Å². The lowest BCUT2D eigenvalue weighted by molar-refractivity contribution is -0.135. The van der Waals surface area contributed by atoms with Crippen molar-refractivity contribution in [2.24, 2.45) is 11.8 Å². The Bertz CT molecular complexity index is 1150. The van der Waals surface area contributed by atoms with E-state index in [0.29, 0.717) is 22.8 Å². The molecule has 3 fully saturated rings. The fraction of sp³-hybridized carbons (Fsp3) is 0.348. The van der Waals surface area contributed by atoms with Crippen molar-refractivity contribution in [2.45, 2.75) is 31.3 Å². The SMILES string of the molecule is Cc1c(Cl)cccc1N1C(=O)[C@H]2[C@H]3CCCN3[C@]3(C(=O)Nc4ccccc43)[C@@H]2C1=O. The number of fused-ring (bicyclic) bond motifs is 7. The summed E-state index contributed by atoms with van der Waals surface area (Å²) in [6, 6.07) is 12.7. The Morgan fingerprint density at radius 3 is 2.70 bits per heavy atom. The summed E-state index contributed by atoms with van der Waals surface area (Å²) in [6.07, 6.45) is 1.71. The van der Waals surface area contributed by atoms with E-state index in [1.165, 1.54) is 4.90 Å². The van der Waals surface area contributed by atoms with E-state index in [1.807, 2.05) is 31.2 Å². The molecule has 1 spiro atoms. The molecule has 3 saturated heterocycles. The summed E-state index contributed by atoms with van der Waals surface area (Å²) >= 11 is 6.29. The molecule has 2 aromatic rings. The lowest BCUT2D eigenvalue weighted by Gasteiger charge is -2.36. The van der Waals surface area contributed by atoms with Crippen LogP contribution in [-0.2, 0) is 19.9 Å². The van der Waals surface area contributed by atoms with Gasteiger partial charge in [-0.25, -0.2) is 4.90 Å². The summed E-state index contributed by atoms with van der Waals surface area (Å²) in [4.78, 5) is 44.4. The van der Waals surface area contributed by atoms with Crippen LogP contribution in [0.5, 0.6) is 0 Å². The quantitative estimate of drug-likeness (QED) is 0.718. The second-order valence-electron chi connectivity index (χ2n) is 8.57. The predicted molar refractivity (Wildman–Crippen MR) is 112 cm³/mol. The van der Waals surface area contributed by atoms with Crippen molar-refractivity contribution < 1.29 is 14.4 Å². The zero-order valence-corrected chi connectivity index (χ0v) is 17.1. The first-order chi connectivity index (χ1) is 14.5. The molecule has 4 atom stereocenters. The molecule has 0 aromatic heterocycles. The second-order valence-corrected chi connectivity index (χ2v) is 8.98. The van der Waals surface area contributed by atoms with Gasteiger partial charge in [-0.15, -0.1) is 0 Å². The van der Waals surface area contributed by atoms with Crippen LogP contribution in [0.1, 0.15) is 24.0 Å². The molecule has 0 radical (unpaired) electrons. The maximum absolute atomic E-state index is 13.9. The molecule has 0 bridgehead atoms. The average molecular weight is 422 g/mol. The monoisotopic (exact) mass is 421 g/mol. The third-order valence-corrected chi connectivity index (χ3v) is 7.79. The number of halogens is 1. The molecule has 3 amide bonds. The van der Waals surface area contributed by atoms with Crippen molar-refractivity contribution >= 4 is 40.7 Å². The highest BCUT2D eigenvalue weighted by molar-refractivity contribution is 6.32. The highest BCUT2D eigenvalue weighted by Crippen LogP contribution is 2.60. The number of benzene rings is 2. The van der Waals surface area contributed by atoms with Crippen molar-refractivity contribution in [3.05, 3.63) is 58.6 Å². The molecule has 0 saturated carbocycles. The third-order valence-electron chi connectivity index (χ3n) is 7.38. The minimum absolute atomic E-state index is 0.118. The highest BCUT2D eigenvalue weighted by atomic mass is 35.5. The number of imide groups is 1. The fourth-order valence-electron chi connectivity index (χ4n) is 6.23. The van der Waals surface area contributed by atoms with E-state index in [0.717, 1.165) is 24.1 Å². The van der Waals surface area contributed by atoms with Crippen LogP contribution in [0.25, 0.3) is 0 Å². The fourth-order valence-corrected chi connectivity index (χ4v) is 6.40. The number of nitrogens with one attached hydrogen (secondary N) is 1. The third kappa shape index (κ3) is 1.92. The first kappa shape index (κ1) is 18.1. The summed E-state index contributed by atoms with van der Waals surface area (Å²) in [5.74, 6) is -2.00. The van der Waals surface area contributed by atoms with E-state index >= 15 is 0 Å². The Kier molecular flexibility index (Phi) is 3.58. The van der Waals surface area contributed by atoms with Gasteiger partial charge in [-0.2, -0.15) is 0 Å². The molecule has 2 aromatic carbocycles. The topological polar surface area (TPSA) is 69.7 Å². The largest absolute Gasteiger partial charge is 0.324 e. The molecule has 0 unspecified atom stereocenters. The summed E-state index contributed by atoms with van der Waals surface area (Å²) in [5, 5.41) is 3.49. The molecular weight excluding hydrogens is 402 g/mol. The van der Waals surface area contributed by atoms with E-state index in [2.05, 4.69) is 10.2 Å². The Morgan fingerprint density at radius 1 is 1.07 bits per heavy atom. The summed E-state index contributed by atoms with van der Waals surface area (Å²) in [6.45, 7) is 2.51. The Morgan fingerprint density at radius 2 is 1.87 bits per heavy atom. The Balaban J connectivity index is 1.57. The van der Waals surface area contributed by atoms with Crippen molar-refractivity contribution in [3.63, 3.8) is 0 Å². The van der Waals surface area contributed by atoms with Gasteiger partial charge in [0.25, 0.3) is 0 Å². The molecule has 152 valence electrons. The smallest absolute Gasteiger partial charge is 0.250 e. The molecule has 4 heterocycles. The lowest BCUT2D eigenvalue weighted by atomic mass is 9.75. The van der Waals surface area contributed by atoms with E-state index < -0.39 is 17.4 Å². The molecule has 4 aliphatic heterocycles. The minimum atomic E-state index is -1.13. The number of rotatable bonds is 1. The Hall–Kier alpha value is -2.70. The van der Waals surface area contributed by atoms with Gasteiger partial charge in [0.15, 0.2) is 0 Å². The van der Waals surface area contributed by atoms with Crippen molar-refractivity contribution in [1.82, 2.24) is 4.90 Å². The van der Waals surface area contributed by atoms with Gasteiger partial charge in [-0.05, 0) is 50.1 Å². The highest BCUT2D eigenvalue weighted by Gasteiger charge is 2.74. The van der Waals surface area contributed by atoms with Gasteiger partial charge in [0.2, 0.25) is 17.7 Å². The van der Waals surface area contributed by atoms with E-state index in [-0.39, 0.29) is 23.8 Å². The van der Waals surface area contributed by atoms with Gasteiger partial charge in [0.05, 0.1) is 17.5 Å². The van der Waals surface area contributed by atoms with Crippen LogP contribution in [0.2, 0.25) is 5.02 Å². The normalized spacial score (nSPS) is 32.0. The van der Waals surface area contributed by atoms with Gasteiger partial charge < -0.3 is 5.32 Å². The van der Waals surface area contributed by atoms with E-state index in [4.69, 9.17) is 11.6 Å². The summed E-state index contributed by atoms with van der Waals surface area (Å²) in [5.41, 5.74) is 1.61. The van der Waals surface area contributed by atoms with Crippen LogP contribution < -0.4 is 10.2 Å². The number of para-hydroxylation sites is 1. The number of hydrogen-bond acceptors (Lipinski definition) is 4. The number of carbonyl (C=O) groups excluding carboxylic acids is 3. The summed E-state index contributed by atoms with van der Waals surface area (Å²) in [7, 11) is 0. The van der Waals surface area contributed by atoms with Crippen LogP contribution in [0.4, 0.5) is 11.4 Å². The zero-order chi connectivity index (χ0) is 20.8. The molecule has 30 heavy (non-hydrogen) atoms. The molecule has 1 N–H and O–H groups in total. The van der Waals surface area contributed by atoms with Crippen LogP contribution in [0.3, 0.4) is 0 Å². The maximum Gasteiger partial charge on any atom is 0.250 e. The minimum Gasteiger partial charge on any atom is -0.324 e. The first-order valence-corrected chi connectivity index (χ1v) is 10.7. The van der Waals surface area contributed by atoms with Crippen molar-refractivity contribution in [3.8, 4) is 0 Å². The number of carbonyl (C=O) groups is 3. The summed E-state index contributed by atoms with van der Waals surface area (Å²) < 4.78 is 0. The number of amides is 3. The van der Waals surface area contributed by atoms with Crippen LogP contribution in [0, 0.1) is 18.8 Å². The number of anilines is 2. The molecule has 4 aliphatic rings. The van der Waals surface area contributed by atoms with Crippen LogP contribution in [-0.4, -0.2) is 35.2 Å². The molecule has 6 nitrogen and oxygen atoms in total. The molecule has 0 aliphatic carbocycles. The van der Waals surface area contributed by atoms with Crippen LogP contribution in [0.15, 0.2) is 42.5 Å². The second kappa shape index (κ2) is 5.93. The maximum atomic E-state index is 13.9. The van der Waals surface area contributed by atoms with Gasteiger partial charge in [-0.1, -0.05) is 35.9 Å². The predicted octanol–water partition coefficient (Wildman–Crippen LogP) is 3.08. The van der Waals surface area contributed by atoms with Gasteiger partial charge in [0, 0.05) is 22.3 Å². The van der Waals surface area contributed by atoms with Crippen LogP contribution >= 0.6 is 11.6 Å².